The van der Waals surface area contributed by atoms with Crippen LogP contribution in [-0.2, 0) is 14.8 Å². The minimum atomic E-state index is -3.55. The van der Waals surface area contributed by atoms with Crippen molar-refractivity contribution >= 4 is 33.2 Å². The van der Waals surface area contributed by atoms with E-state index in [0.29, 0.717) is 22.2 Å². The van der Waals surface area contributed by atoms with E-state index < -0.39 is 22.0 Å². The molecule has 0 bridgehead atoms. The quantitative estimate of drug-likeness (QED) is 0.719. The third-order valence-corrected chi connectivity index (χ3v) is 5.63. The first-order valence-corrected chi connectivity index (χ1v) is 10.9. The Morgan fingerprint density at radius 1 is 1.32 bits per heavy atom. The second-order valence-corrected chi connectivity index (χ2v) is 8.76. The molecule has 1 aliphatic heterocycles. The summed E-state index contributed by atoms with van der Waals surface area (Å²) in [4.78, 5) is 12.5. The van der Waals surface area contributed by atoms with E-state index in [9.17, 15) is 13.2 Å². The zero-order valence-electron chi connectivity index (χ0n) is 15.5. The first-order valence-electron chi connectivity index (χ1n) is 8.66. The van der Waals surface area contributed by atoms with E-state index in [4.69, 9.17) is 21.1 Å². The largest absolute Gasteiger partial charge is 0.490 e. The molecule has 0 unspecified atom stereocenters. The van der Waals surface area contributed by atoms with Crippen molar-refractivity contribution in [2.75, 3.05) is 30.3 Å². The highest BCUT2D eigenvalue weighted by Gasteiger charge is 2.34. The van der Waals surface area contributed by atoms with Gasteiger partial charge in [0.25, 0.3) is 5.91 Å². The Bertz CT molecular complexity index is 980. The number of sulfonamides is 1. The number of hydrogen-bond acceptors (Lipinski definition) is 5. The fourth-order valence-electron chi connectivity index (χ4n) is 2.82. The zero-order valence-corrected chi connectivity index (χ0v) is 17.1. The van der Waals surface area contributed by atoms with Crippen LogP contribution >= 0.6 is 11.6 Å². The number of rotatable bonds is 6. The average Bonchev–Trinajstić information content (AvgIpc) is 2.64. The molecule has 1 amide bonds. The minimum absolute atomic E-state index is 0.0908. The van der Waals surface area contributed by atoms with Crippen molar-refractivity contribution in [3.8, 4) is 11.5 Å². The molecule has 150 valence electrons. The van der Waals surface area contributed by atoms with E-state index in [0.717, 1.165) is 11.8 Å². The van der Waals surface area contributed by atoms with Crippen LogP contribution in [0.3, 0.4) is 0 Å². The van der Waals surface area contributed by atoms with Gasteiger partial charge in [-0.3, -0.25) is 9.10 Å². The molecule has 0 aromatic heterocycles. The number of hydrogen-bond donors (Lipinski definition) is 1. The van der Waals surface area contributed by atoms with E-state index >= 15 is 0 Å². The molecular formula is C19H21ClN2O5S. The number of carbonyl (C=O) groups excluding carboxylic acids is 1. The SMILES string of the molecule is Cc1ccc2c(c1)N(S(C)(=O)=O)C[C@H](C(=O)NCCOc1ccccc1Cl)O2. The van der Waals surface area contributed by atoms with Crippen molar-refractivity contribution in [1.29, 1.82) is 0 Å². The summed E-state index contributed by atoms with van der Waals surface area (Å²) in [6.07, 6.45) is 0.154. The van der Waals surface area contributed by atoms with Crippen LogP contribution in [0.1, 0.15) is 5.56 Å². The average molecular weight is 425 g/mol. The lowest BCUT2D eigenvalue weighted by Gasteiger charge is -2.34. The molecule has 0 aliphatic carbocycles. The minimum Gasteiger partial charge on any atom is -0.490 e. The van der Waals surface area contributed by atoms with Gasteiger partial charge in [-0.25, -0.2) is 8.42 Å². The van der Waals surface area contributed by atoms with Gasteiger partial charge in [-0.2, -0.15) is 0 Å². The lowest BCUT2D eigenvalue weighted by molar-refractivity contribution is -0.127. The van der Waals surface area contributed by atoms with E-state index in [1.54, 1.807) is 42.5 Å². The number of fused-ring (bicyclic) bond motifs is 1. The molecule has 7 nitrogen and oxygen atoms in total. The van der Waals surface area contributed by atoms with Gasteiger partial charge >= 0.3 is 0 Å². The maximum atomic E-state index is 12.5. The molecule has 0 saturated heterocycles. The summed E-state index contributed by atoms with van der Waals surface area (Å²) in [7, 11) is -3.55. The Morgan fingerprint density at radius 3 is 2.79 bits per heavy atom. The van der Waals surface area contributed by atoms with Crippen molar-refractivity contribution in [2.24, 2.45) is 0 Å². The molecule has 0 radical (unpaired) electrons. The van der Waals surface area contributed by atoms with Crippen LogP contribution < -0.4 is 19.1 Å². The fraction of sp³-hybridized carbons (Fsp3) is 0.316. The lowest BCUT2D eigenvalue weighted by Crippen LogP contribution is -2.51. The van der Waals surface area contributed by atoms with Crippen LogP contribution in [0.4, 0.5) is 5.69 Å². The standard InChI is InChI=1S/C19H21ClN2O5S/c1-13-7-8-17-15(11-13)22(28(2,24)25)12-18(27-17)19(23)21-9-10-26-16-6-4-3-5-14(16)20/h3-8,11,18H,9-10,12H2,1-2H3,(H,21,23)/t18-/m1/s1. The molecule has 3 rings (SSSR count). The van der Waals surface area contributed by atoms with Gasteiger partial charge in [0.05, 0.1) is 30.1 Å². The highest BCUT2D eigenvalue weighted by molar-refractivity contribution is 7.92. The molecule has 2 aromatic carbocycles. The molecule has 28 heavy (non-hydrogen) atoms. The van der Waals surface area contributed by atoms with Crippen molar-refractivity contribution in [2.45, 2.75) is 13.0 Å². The van der Waals surface area contributed by atoms with Gasteiger partial charge in [0, 0.05) is 0 Å². The summed E-state index contributed by atoms with van der Waals surface area (Å²) in [5.74, 6) is 0.470. The number of carbonyl (C=O) groups is 1. The maximum absolute atomic E-state index is 12.5. The third-order valence-electron chi connectivity index (χ3n) is 4.17. The number of nitrogens with one attached hydrogen (secondary N) is 1. The van der Waals surface area contributed by atoms with Crippen LogP contribution in [-0.4, -0.2) is 46.4 Å². The second-order valence-electron chi connectivity index (χ2n) is 6.44. The molecule has 0 spiro atoms. The fourth-order valence-corrected chi connectivity index (χ4v) is 3.92. The van der Waals surface area contributed by atoms with Crippen molar-refractivity contribution in [1.82, 2.24) is 5.32 Å². The lowest BCUT2D eigenvalue weighted by atomic mass is 10.1. The summed E-state index contributed by atoms with van der Waals surface area (Å²) in [6.45, 7) is 2.21. The number of anilines is 1. The topological polar surface area (TPSA) is 84.9 Å². The van der Waals surface area contributed by atoms with Gasteiger partial charge in [0.1, 0.15) is 18.1 Å². The smallest absolute Gasteiger partial charge is 0.263 e. The van der Waals surface area contributed by atoms with Crippen LogP contribution in [0.5, 0.6) is 11.5 Å². The first kappa shape index (κ1) is 20.3. The van der Waals surface area contributed by atoms with Crippen molar-refractivity contribution in [3.05, 3.63) is 53.1 Å². The highest BCUT2D eigenvalue weighted by Crippen LogP contribution is 2.35. The van der Waals surface area contributed by atoms with E-state index in [2.05, 4.69) is 5.32 Å². The normalized spacial score (nSPS) is 16.1. The van der Waals surface area contributed by atoms with Gasteiger partial charge in [-0.1, -0.05) is 29.8 Å². The van der Waals surface area contributed by atoms with Crippen LogP contribution in [0, 0.1) is 6.92 Å². The predicted molar refractivity (Wildman–Crippen MR) is 108 cm³/mol. The summed E-state index contributed by atoms with van der Waals surface area (Å²) in [5, 5.41) is 3.19. The van der Waals surface area contributed by atoms with Crippen LogP contribution in [0.15, 0.2) is 42.5 Å². The van der Waals surface area contributed by atoms with E-state index in [1.807, 2.05) is 6.92 Å². The van der Waals surface area contributed by atoms with Gasteiger partial charge in [-0.05, 0) is 36.8 Å². The molecule has 0 fully saturated rings. The van der Waals surface area contributed by atoms with Gasteiger partial charge in [0.15, 0.2) is 6.10 Å². The number of aryl methyl sites for hydroxylation is 1. The summed E-state index contributed by atoms with van der Waals surface area (Å²) >= 11 is 6.01. The Morgan fingerprint density at radius 2 is 2.07 bits per heavy atom. The maximum Gasteiger partial charge on any atom is 0.263 e. The molecule has 1 aliphatic rings. The molecule has 0 saturated carbocycles. The highest BCUT2D eigenvalue weighted by atomic mass is 35.5. The third kappa shape index (κ3) is 4.69. The molecular weight excluding hydrogens is 404 g/mol. The number of amides is 1. The number of ether oxygens (including phenoxy) is 2. The number of benzene rings is 2. The van der Waals surface area contributed by atoms with E-state index in [1.165, 1.54) is 4.31 Å². The molecule has 9 heteroatoms. The van der Waals surface area contributed by atoms with Gasteiger partial charge < -0.3 is 14.8 Å². The van der Waals surface area contributed by atoms with E-state index in [-0.39, 0.29) is 19.7 Å². The zero-order chi connectivity index (χ0) is 20.3. The monoisotopic (exact) mass is 424 g/mol. The molecule has 1 heterocycles. The van der Waals surface area contributed by atoms with Crippen LogP contribution in [0.25, 0.3) is 0 Å². The number of nitrogens with zero attached hydrogens (tertiary/aromatic N) is 1. The summed E-state index contributed by atoms with van der Waals surface area (Å²) in [5.41, 5.74) is 1.34. The van der Waals surface area contributed by atoms with Gasteiger partial charge in [-0.15, -0.1) is 0 Å². The summed E-state index contributed by atoms with van der Waals surface area (Å²) < 4.78 is 36.8. The Hall–Kier alpha value is -2.45. The van der Waals surface area contributed by atoms with Crippen LogP contribution in [0.2, 0.25) is 5.02 Å². The summed E-state index contributed by atoms with van der Waals surface area (Å²) in [6, 6.07) is 12.2. The Balaban J connectivity index is 1.63. The Labute approximate surface area is 169 Å². The number of para-hydroxylation sites is 1. The molecule has 1 N–H and O–H groups in total. The first-order chi connectivity index (χ1) is 13.3. The molecule has 2 aromatic rings. The Kier molecular flexibility index (Phi) is 6.00. The second kappa shape index (κ2) is 8.28. The van der Waals surface area contributed by atoms with Gasteiger partial charge in [0.2, 0.25) is 10.0 Å². The number of halogens is 1. The molecule has 1 atom stereocenters. The van der Waals surface area contributed by atoms with Crippen molar-refractivity contribution in [3.63, 3.8) is 0 Å². The van der Waals surface area contributed by atoms with Crippen molar-refractivity contribution < 1.29 is 22.7 Å². The predicted octanol–water partition coefficient (Wildman–Crippen LogP) is 2.37.